The molecule has 0 unspecified atom stereocenters. The van der Waals surface area contributed by atoms with Crippen LogP contribution in [0.25, 0.3) is 0 Å². The highest BCUT2D eigenvalue weighted by Crippen LogP contribution is 2.30. The van der Waals surface area contributed by atoms with Crippen molar-refractivity contribution in [3.63, 3.8) is 0 Å². The van der Waals surface area contributed by atoms with Crippen LogP contribution in [0.2, 0.25) is 0 Å². The van der Waals surface area contributed by atoms with E-state index in [0.717, 1.165) is 26.4 Å². The molecule has 0 aliphatic heterocycles. The molecule has 0 atom stereocenters. The third-order valence-electron chi connectivity index (χ3n) is 2.92. The molecule has 0 aromatic heterocycles. The van der Waals surface area contributed by atoms with Gasteiger partial charge in [0.25, 0.3) is 5.69 Å². The van der Waals surface area contributed by atoms with Gasteiger partial charge in [0.15, 0.2) is 5.92 Å². The van der Waals surface area contributed by atoms with Gasteiger partial charge in [-0.3, -0.25) is 19.7 Å². The maximum absolute atomic E-state index is 11.8. The Hall–Kier alpha value is -2.97. The van der Waals surface area contributed by atoms with Gasteiger partial charge in [-0.25, -0.2) is 4.79 Å². The highest BCUT2D eigenvalue weighted by Gasteiger charge is 2.36. The van der Waals surface area contributed by atoms with Crippen LogP contribution in [0.1, 0.15) is 28.8 Å². The number of nitrogens with zero attached hydrogens (tertiary/aromatic N) is 1. The summed E-state index contributed by atoms with van der Waals surface area (Å²) in [7, 11) is 2.08. The summed E-state index contributed by atoms with van der Waals surface area (Å²) in [5.41, 5.74) is -0.895. The first-order valence-corrected chi connectivity index (χ1v) is 6.48. The van der Waals surface area contributed by atoms with Gasteiger partial charge in [0, 0.05) is 6.07 Å². The Morgan fingerprint density at radius 1 is 1.17 bits per heavy atom. The van der Waals surface area contributed by atoms with Gasteiger partial charge in [0.1, 0.15) is 0 Å². The molecule has 0 fully saturated rings. The number of benzene rings is 1. The fraction of sp³-hybridized carbons (Fsp3) is 0.357. The number of ether oxygens (including phenoxy) is 3. The van der Waals surface area contributed by atoms with Crippen LogP contribution >= 0.6 is 0 Å². The molecule has 0 amide bonds. The zero-order valence-corrected chi connectivity index (χ0v) is 12.7. The molecule has 0 aliphatic carbocycles. The minimum absolute atomic E-state index is 0.0734. The average Bonchev–Trinajstić information content (AvgIpc) is 2.54. The smallest absolute Gasteiger partial charge is 0.338 e. The first kappa shape index (κ1) is 18.1. The molecule has 9 nitrogen and oxygen atoms in total. The van der Waals surface area contributed by atoms with Crippen LogP contribution in [0.15, 0.2) is 18.2 Å². The summed E-state index contributed by atoms with van der Waals surface area (Å²) in [6, 6.07) is 3.29. The van der Waals surface area contributed by atoms with E-state index in [2.05, 4.69) is 9.47 Å². The molecule has 0 N–H and O–H groups in total. The van der Waals surface area contributed by atoms with Gasteiger partial charge in [-0.15, -0.1) is 0 Å². The van der Waals surface area contributed by atoms with Crippen LogP contribution in [0.4, 0.5) is 5.69 Å². The van der Waals surface area contributed by atoms with Gasteiger partial charge in [0.2, 0.25) is 0 Å². The number of rotatable bonds is 6. The van der Waals surface area contributed by atoms with Crippen molar-refractivity contribution in [1.29, 1.82) is 0 Å². The van der Waals surface area contributed by atoms with Crippen LogP contribution < -0.4 is 0 Å². The van der Waals surface area contributed by atoms with Crippen molar-refractivity contribution >= 4 is 23.6 Å². The zero-order chi connectivity index (χ0) is 17.6. The van der Waals surface area contributed by atoms with Gasteiger partial charge >= 0.3 is 17.9 Å². The fourth-order valence-corrected chi connectivity index (χ4v) is 1.87. The summed E-state index contributed by atoms with van der Waals surface area (Å²) in [6.45, 7) is 1.69. The fourth-order valence-electron chi connectivity index (χ4n) is 1.87. The molecule has 1 aromatic carbocycles. The van der Waals surface area contributed by atoms with Gasteiger partial charge in [-0.05, 0) is 19.1 Å². The van der Waals surface area contributed by atoms with Crippen molar-refractivity contribution in [1.82, 2.24) is 0 Å². The molecule has 1 aromatic rings. The Bertz CT molecular complexity index is 624. The van der Waals surface area contributed by atoms with E-state index in [1.807, 2.05) is 0 Å². The molecule has 23 heavy (non-hydrogen) atoms. The quantitative estimate of drug-likeness (QED) is 0.251. The van der Waals surface area contributed by atoms with Gasteiger partial charge in [-0.2, -0.15) is 0 Å². The maximum Gasteiger partial charge on any atom is 0.338 e. The predicted molar refractivity (Wildman–Crippen MR) is 75.8 cm³/mol. The number of hydrogen-bond acceptors (Lipinski definition) is 8. The minimum atomic E-state index is -1.62. The van der Waals surface area contributed by atoms with Crippen LogP contribution in [-0.2, 0) is 23.8 Å². The van der Waals surface area contributed by atoms with Crippen LogP contribution in [0.3, 0.4) is 0 Å². The first-order valence-electron chi connectivity index (χ1n) is 6.48. The van der Waals surface area contributed by atoms with Crippen molar-refractivity contribution in [2.75, 3.05) is 20.8 Å². The molecular weight excluding hydrogens is 310 g/mol. The monoisotopic (exact) mass is 325 g/mol. The molecule has 0 heterocycles. The van der Waals surface area contributed by atoms with E-state index >= 15 is 0 Å². The Morgan fingerprint density at radius 2 is 1.74 bits per heavy atom. The Labute approximate surface area is 131 Å². The molecular formula is C14H15NO8. The molecule has 0 radical (unpaired) electrons. The van der Waals surface area contributed by atoms with Gasteiger partial charge in [-0.1, -0.05) is 0 Å². The van der Waals surface area contributed by atoms with Crippen LogP contribution in [-0.4, -0.2) is 43.7 Å². The lowest BCUT2D eigenvalue weighted by atomic mass is 9.96. The summed E-state index contributed by atoms with van der Waals surface area (Å²) in [4.78, 5) is 45.6. The zero-order valence-electron chi connectivity index (χ0n) is 12.7. The van der Waals surface area contributed by atoms with Crippen molar-refractivity contribution in [2.24, 2.45) is 0 Å². The lowest BCUT2D eigenvalue weighted by Crippen LogP contribution is -2.25. The molecule has 9 heteroatoms. The van der Waals surface area contributed by atoms with Crippen LogP contribution in [0.5, 0.6) is 0 Å². The number of nitro benzene ring substituents is 1. The van der Waals surface area contributed by atoms with E-state index in [1.165, 1.54) is 6.07 Å². The van der Waals surface area contributed by atoms with Gasteiger partial charge in [0.05, 0.1) is 36.9 Å². The molecule has 124 valence electrons. The number of esters is 3. The third-order valence-corrected chi connectivity index (χ3v) is 2.92. The van der Waals surface area contributed by atoms with Crippen molar-refractivity contribution < 1.29 is 33.5 Å². The van der Waals surface area contributed by atoms with Crippen molar-refractivity contribution in [3.8, 4) is 0 Å². The lowest BCUT2D eigenvalue weighted by Gasteiger charge is -2.13. The number of methoxy groups -OCH3 is 2. The number of nitro groups is 1. The second-order valence-electron chi connectivity index (χ2n) is 4.23. The molecule has 0 bridgehead atoms. The van der Waals surface area contributed by atoms with E-state index in [-0.39, 0.29) is 17.7 Å². The second-order valence-corrected chi connectivity index (χ2v) is 4.23. The molecule has 0 aliphatic rings. The summed E-state index contributed by atoms with van der Waals surface area (Å²) in [5, 5.41) is 11.2. The highest BCUT2D eigenvalue weighted by atomic mass is 16.6. The Morgan fingerprint density at radius 3 is 2.17 bits per heavy atom. The van der Waals surface area contributed by atoms with E-state index in [1.54, 1.807) is 6.92 Å². The van der Waals surface area contributed by atoms with E-state index < -0.39 is 34.4 Å². The number of carbonyl (C=O) groups is 3. The normalized spacial score (nSPS) is 10.1. The SMILES string of the molecule is CCOC(=O)c1ccc(C(C(=O)OC)C(=O)OC)c([N+](=O)[O-])c1. The van der Waals surface area contributed by atoms with Gasteiger partial charge < -0.3 is 14.2 Å². The lowest BCUT2D eigenvalue weighted by molar-refractivity contribution is -0.385. The summed E-state index contributed by atoms with van der Waals surface area (Å²) in [6.07, 6.45) is 0. The standard InChI is InChI=1S/C14H15NO8/c1-4-23-12(16)8-5-6-9(10(7-8)15(19)20)11(13(17)21-2)14(18)22-3/h5-7,11H,4H2,1-3H3. The molecule has 1 rings (SSSR count). The average molecular weight is 325 g/mol. The highest BCUT2D eigenvalue weighted by molar-refractivity contribution is 6.02. The molecule has 0 spiro atoms. The van der Waals surface area contributed by atoms with Crippen molar-refractivity contribution in [3.05, 3.63) is 39.4 Å². The summed E-state index contributed by atoms with van der Waals surface area (Å²) < 4.78 is 13.7. The van der Waals surface area contributed by atoms with Crippen molar-refractivity contribution in [2.45, 2.75) is 12.8 Å². The van der Waals surface area contributed by atoms with Crippen LogP contribution in [0, 0.1) is 10.1 Å². The largest absolute Gasteiger partial charge is 0.468 e. The molecule has 0 saturated heterocycles. The predicted octanol–water partition coefficient (Wildman–Crippen LogP) is 1.20. The molecule has 0 saturated carbocycles. The minimum Gasteiger partial charge on any atom is -0.468 e. The maximum atomic E-state index is 11.8. The van der Waals surface area contributed by atoms with E-state index in [9.17, 15) is 24.5 Å². The summed E-state index contributed by atoms with van der Waals surface area (Å²) >= 11 is 0. The Kier molecular flexibility index (Phi) is 6.19. The number of hydrogen-bond donors (Lipinski definition) is 0. The van der Waals surface area contributed by atoms with E-state index in [0.29, 0.717) is 0 Å². The Balaban J connectivity index is 3.44. The number of carbonyl (C=O) groups excluding carboxylic acids is 3. The topological polar surface area (TPSA) is 122 Å². The third kappa shape index (κ3) is 4.02. The first-order chi connectivity index (χ1) is 10.9. The summed E-state index contributed by atoms with van der Waals surface area (Å²) in [5.74, 6) is -4.40. The second kappa shape index (κ2) is 7.87. The van der Waals surface area contributed by atoms with E-state index in [4.69, 9.17) is 4.74 Å².